The van der Waals surface area contributed by atoms with Crippen LogP contribution < -0.4 is 4.74 Å². The fourth-order valence-corrected chi connectivity index (χ4v) is 0.990. The number of ether oxygens (including phenoxy) is 2. The molecule has 19 heavy (non-hydrogen) atoms. The van der Waals surface area contributed by atoms with Crippen LogP contribution in [0.15, 0.2) is 6.20 Å². The second kappa shape index (κ2) is 12.8. The highest BCUT2D eigenvalue weighted by atomic mass is 19.1. The van der Waals surface area contributed by atoms with Crippen LogP contribution >= 0.6 is 0 Å². The van der Waals surface area contributed by atoms with E-state index in [0.717, 1.165) is 0 Å². The van der Waals surface area contributed by atoms with Crippen molar-refractivity contribution < 1.29 is 13.9 Å². The Labute approximate surface area is 115 Å². The Hall–Kier alpha value is -1.67. The number of pyridine rings is 1. The van der Waals surface area contributed by atoms with Gasteiger partial charge in [-0.15, -0.1) is 0 Å². The highest BCUT2D eigenvalue weighted by Crippen LogP contribution is 2.19. The normalized spacial score (nSPS) is 8.32. The summed E-state index contributed by atoms with van der Waals surface area (Å²) < 4.78 is 23.3. The Morgan fingerprint density at radius 3 is 2.32 bits per heavy atom. The molecule has 0 amide bonds. The van der Waals surface area contributed by atoms with Crippen LogP contribution in [0.2, 0.25) is 0 Å². The molecule has 0 aliphatic heterocycles. The van der Waals surface area contributed by atoms with Gasteiger partial charge >= 0.3 is 0 Å². The molecule has 0 aromatic carbocycles. The molecule has 4 nitrogen and oxygen atoms in total. The highest BCUT2D eigenvalue weighted by Gasteiger charge is 2.11. The Kier molecular flexibility index (Phi) is 13.2. The lowest BCUT2D eigenvalue weighted by Gasteiger charge is -2.07. The van der Waals surface area contributed by atoms with Crippen LogP contribution in [0.4, 0.5) is 4.39 Å². The maximum absolute atomic E-state index is 13.5. The van der Waals surface area contributed by atoms with E-state index in [0.29, 0.717) is 6.61 Å². The topological polar surface area (TPSA) is 55.1 Å². The first-order valence-corrected chi connectivity index (χ1v) is 6.37. The Bertz CT molecular complexity index is 390. The van der Waals surface area contributed by atoms with Crippen LogP contribution in [0.5, 0.6) is 5.88 Å². The van der Waals surface area contributed by atoms with Crippen molar-refractivity contribution in [2.45, 2.75) is 34.6 Å². The van der Waals surface area contributed by atoms with Crippen molar-refractivity contribution in [2.75, 3.05) is 20.3 Å². The summed E-state index contributed by atoms with van der Waals surface area (Å²) in [5, 5.41) is 8.63. The third-order valence-electron chi connectivity index (χ3n) is 1.88. The average molecular weight is 270 g/mol. The average Bonchev–Trinajstić information content (AvgIpc) is 2.48. The summed E-state index contributed by atoms with van der Waals surface area (Å²) in [4.78, 5) is 3.71. The first-order chi connectivity index (χ1) is 9.20. The maximum atomic E-state index is 13.5. The van der Waals surface area contributed by atoms with E-state index in [1.165, 1.54) is 20.2 Å². The van der Waals surface area contributed by atoms with Gasteiger partial charge in [0.2, 0.25) is 0 Å². The minimum Gasteiger partial charge on any atom is -0.473 e. The summed E-state index contributed by atoms with van der Waals surface area (Å²) >= 11 is 0. The molecule has 0 saturated heterocycles. The van der Waals surface area contributed by atoms with Gasteiger partial charge < -0.3 is 9.47 Å². The number of hydrogen-bond donors (Lipinski definition) is 0. The highest BCUT2D eigenvalue weighted by molar-refractivity contribution is 5.38. The molecular weight excluding hydrogens is 247 g/mol. The fourth-order valence-electron chi connectivity index (χ4n) is 0.990. The molecule has 1 aromatic rings. The number of nitriles is 1. The zero-order valence-electron chi connectivity index (χ0n) is 12.6. The van der Waals surface area contributed by atoms with Gasteiger partial charge in [-0.25, -0.2) is 9.37 Å². The van der Waals surface area contributed by atoms with Crippen molar-refractivity contribution in [3.63, 3.8) is 0 Å². The van der Waals surface area contributed by atoms with E-state index in [9.17, 15) is 4.39 Å². The number of hydrogen-bond acceptors (Lipinski definition) is 4. The first-order valence-electron chi connectivity index (χ1n) is 6.37. The molecule has 0 spiro atoms. The van der Waals surface area contributed by atoms with Crippen molar-refractivity contribution in [2.24, 2.45) is 0 Å². The molecule has 5 heteroatoms. The predicted octanol–water partition coefficient (Wildman–Crippen LogP) is 3.48. The molecule has 108 valence electrons. The number of aromatic nitrogens is 1. The number of rotatable bonds is 4. The van der Waals surface area contributed by atoms with E-state index < -0.39 is 5.82 Å². The summed E-state index contributed by atoms with van der Waals surface area (Å²) in [7, 11) is 1.52. The third kappa shape index (κ3) is 6.73. The minimum absolute atomic E-state index is 0.0939. The number of methoxy groups -OCH3 is 1. The smallest absolute Gasteiger partial charge is 0.250 e. The van der Waals surface area contributed by atoms with E-state index in [1.54, 1.807) is 0 Å². The van der Waals surface area contributed by atoms with E-state index in [1.807, 2.05) is 33.8 Å². The van der Waals surface area contributed by atoms with Gasteiger partial charge in [-0.05, 0) is 6.92 Å². The van der Waals surface area contributed by atoms with Crippen LogP contribution in [-0.2, 0) is 4.74 Å². The van der Waals surface area contributed by atoms with Gasteiger partial charge in [0.05, 0.1) is 12.2 Å². The van der Waals surface area contributed by atoms with Gasteiger partial charge in [0.25, 0.3) is 5.88 Å². The van der Waals surface area contributed by atoms with Gasteiger partial charge in [0.15, 0.2) is 5.82 Å². The second-order valence-corrected chi connectivity index (χ2v) is 2.87. The zero-order chi connectivity index (χ0) is 15.3. The number of nitrogens with zero attached hydrogens (tertiary/aromatic N) is 2. The van der Waals surface area contributed by atoms with Crippen LogP contribution in [0.25, 0.3) is 0 Å². The molecule has 0 fully saturated rings. The largest absolute Gasteiger partial charge is 0.473 e. The van der Waals surface area contributed by atoms with Gasteiger partial charge in [0.1, 0.15) is 12.7 Å². The zero-order valence-corrected chi connectivity index (χ0v) is 12.6. The summed E-state index contributed by atoms with van der Waals surface area (Å²) in [6, 6.07) is 1.85. The molecule has 0 bridgehead atoms. The van der Waals surface area contributed by atoms with Crippen molar-refractivity contribution in [1.29, 1.82) is 5.26 Å². The van der Waals surface area contributed by atoms with Crippen LogP contribution in [0.1, 0.15) is 38.8 Å². The summed E-state index contributed by atoms with van der Waals surface area (Å²) in [6.07, 6.45) is 1.29. The third-order valence-corrected chi connectivity index (χ3v) is 1.88. The molecule has 0 unspecified atom stereocenters. The van der Waals surface area contributed by atoms with Crippen molar-refractivity contribution in [3.8, 4) is 11.9 Å². The molecule has 0 saturated carbocycles. The van der Waals surface area contributed by atoms with E-state index in [2.05, 4.69) is 4.98 Å². The van der Waals surface area contributed by atoms with E-state index in [-0.39, 0.29) is 23.6 Å². The quantitative estimate of drug-likeness (QED) is 0.786. The van der Waals surface area contributed by atoms with Gasteiger partial charge in [-0.1, -0.05) is 27.7 Å². The van der Waals surface area contributed by atoms with Crippen molar-refractivity contribution in [1.82, 2.24) is 4.98 Å². The SMILES string of the molecule is CC.CC.COCCOc1ncc(C#N)c(C)c1F. The standard InChI is InChI=1S/C10H11FN2O2.2C2H6/c1-7-8(5-12)6-13-10(9(7)11)15-4-3-14-2;2*1-2/h6H,3-4H2,1-2H3;2*1-2H3. The summed E-state index contributed by atoms with van der Waals surface area (Å²) in [5.74, 6) is -0.686. The Morgan fingerprint density at radius 2 is 1.84 bits per heavy atom. The molecule has 0 N–H and O–H groups in total. The molecular formula is C14H23FN2O2. The molecule has 1 aromatic heterocycles. The van der Waals surface area contributed by atoms with Crippen LogP contribution in [-0.4, -0.2) is 25.3 Å². The van der Waals surface area contributed by atoms with Crippen LogP contribution in [0.3, 0.4) is 0 Å². The fraction of sp³-hybridized carbons (Fsp3) is 0.571. The predicted molar refractivity (Wildman–Crippen MR) is 73.7 cm³/mol. The van der Waals surface area contributed by atoms with E-state index >= 15 is 0 Å². The van der Waals surface area contributed by atoms with Gasteiger partial charge in [-0.3, -0.25) is 0 Å². The second-order valence-electron chi connectivity index (χ2n) is 2.87. The molecule has 1 rings (SSSR count). The Morgan fingerprint density at radius 1 is 1.26 bits per heavy atom. The lowest BCUT2D eigenvalue weighted by atomic mass is 10.2. The summed E-state index contributed by atoms with van der Waals surface area (Å²) in [6.45, 7) is 10.1. The van der Waals surface area contributed by atoms with E-state index in [4.69, 9.17) is 14.7 Å². The minimum atomic E-state index is -0.592. The van der Waals surface area contributed by atoms with Crippen LogP contribution in [0, 0.1) is 24.1 Å². The lowest BCUT2D eigenvalue weighted by Crippen LogP contribution is -2.08. The van der Waals surface area contributed by atoms with Crippen molar-refractivity contribution in [3.05, 3.63) is 23.1 Å². The Balaban J connectivity index is 0. The monoisotopic (exact) mass is 270 g/mol. The first kappa shape index (κ1) is 19.7. The maximum Gasteiger partial charge on any atom is 0.250 e. The van der Waals surface area contributed by atoms with Gasteiger partial charge in [-0.2, -0.15) is 5.26 Å². The van der Waals surface area contributed by atoms with Crippen molar-refractivity contribution >= 4 is 0 Å². The molecule has 0 aliphatic carbocycles. The summed E-state index contributed by atoms with van der Waals surface area (Å²) in [5.41, 5.74) is 0.464. The number of halogens is 1. The molecule has 0 aliphatic rings. The molecule has 0 atom stereocenters. The molecule has 1 heterocycles. The molecule has 0 radical (unpaired) electrons. The van der Waals surface area contributed by atoms with Gasteiger partial charge in [0, 0.05) is 18.9 Å². The lowest BCUT2D eigenvalue weighted by molar-refractivity contribution is 0.141.